The van der Waals surface area contributed by atoms with Crippen molar-refractivity contribution in [2.24, 2.45) is 0 Å². The number of aromatic amines is 1. The maximum absolute atomic E-state index is 13.3. The number of hydrogen-bond donors (Lipinski definition) is 2. The number of Topliss-reactive ketones (excluding diaryl/α,β-unsaturated/α-hetero) is 1. The molecule has 6 nitrogen and oxygen atoms in total. The number of aromatic nitrogens is 1. The second-order valence-corrected chi connectivity index (χ2v) is 9.27. The standard InChI is InChI=1S/C28H23BrN2O4/c1-35-23-9-5-3-7-21(23)25-24(26(32)17-10-12-19(29)13-11-17)27(33)28(34)31(25)15-14-18-16-30-22-8-4-2-6-20(18)22/h2-13,16,25,30,32H,14-15H2,1H3/b26-24-. The lowest BCUT2D eigenvalue weighted by Crippen LogP contribution is -2.31. The van der Waals surface area contributed by atoms with Crippen molar-refractivity contribution in [2.45, 2.75) is 12.5 Å². The summed E-state index contributed by atoms with van der Waals surface area (Å²) in [6.45, 7) is 0.298. The molecule has 0 spiro atoms. The van der Waals surface area contributed by atoms with Crippen molar-refractivity contribution < 1.29 is 19.4 Å². The molecule has 176 valence electrons. The third-order valence-electron chi connectivity index (χ3n) is 6.39. The third-order valence-corrected chi connectivity index (χ3v) is 6.92. The first-order valence-electron chi connectivity index (χ1n) is 11.2. The number of nitrogens with zero attached hydrogens (tertiary/aromatic N) is 1. The molecular weight excluding hydrogens is 508 g/mol. The molecule has 2 heterocycles. The molecule has 35 heavy (non-hydrogen) atoms. The van der Waals surface area contributed by atoms with Gasteiger partial charge in [0.2, 0.25) is 0 Å². The number of para-hydroxylation sites is 2. The van der Waals surface area contributed by atoms with Gasteiger partial charge in [-0.3, -0.25) is 9.59 Å². The number of benzene rings is 3. The minimum Gasteiger partial charge on any atom is -0.507 e. The number of carbonyl (C=O) groups is 2. The van der Waals surface area contributed by atoms with Gasteiger partial charge in [-0.05, 0) is 36.2 Å². The zero-order valence-corrected chi connectivity index (χ0v) is 20.6. The van der Waals surface area contributed by atoms with E-state index in [1.165, 1.54) is 4.90 Å². The zero-order valence-electron chi connectivity index (χ0n) is 19.0. The molecule has 1 aliphatic rings. The maximum Gasteiger partial charge on any atom is 0.295 e. The summed E-state index contributed by atoms with van der Waals surface area (Å²) in [5.74, 6) is -1.01. The number of carbonyl (C=O) groups excluding carboxylic acids is 2. The number of aliphatic hydroxyl groups excluding tert-OH is 1. The Balaban J connectivity index is 1.59. The van der Waals surface area contributed by atoms with Gasteiger partial charge in [0.15, 0.2) is 0 Å². The van der Waals surface area contributed by atoms with Crippen molar-refractivity contribution in [1.82, 2.24) is 9.88 Å². The summed E-state index contributed by atoms with van der Waals surface area (Å²) in [5.41, 5.74) is 3.23. The number of rotatable bonds is 6. The monoisotopic (exact) mass is 530 g/mol. The SMILES string of the molecule is COc1ccccc1C1/C(=C(/O)c2ccc(Br)cc2)C(=O)C(=O)N1CCc1c[nH]c2ccccc12. The Morgan fingerprint density at radius 2 is 1.74 bits per heavy atom. The van der Waals surface area contributed by atoms with Crippen LogP contribution in [0.1, 0.15) is 22.7 Å². The number of amides is 1. The van der Waals surface area contributed by atoms with E-state index in [0.29, 0.717) is 29.8 Å². The Hall–Kier alpha value is -3.84. The minimum atomic E-state index is -0.778. The molecule has 7 heteroatoms. The molecule has 0 bridgehead atoms. The lowest BCUT2D eigenvalue weighted by molar-refractivity contribution is -0.139. The third kappa shape index (κ3) is 4.12. The molecule has 2 N–H and O–H groups in total. The molecule has 1 unspecified atom stereocenters. The molecule has 0 aliphatic carbocycles. The largest absolute Gasteiger partial charge is 0.507 e. The smallest absolute Gasteiger partial charge is 0.295 e. The van der Waals surface area contributed by atoms with Crippen LogP contribution in [0.2, 0.25) is 0 Å². The van der Waals surface area contributed by atoms with E-state index in [2.05, 4.69) is 20.9 Å². The number of ketones is 1. The minimum absolute atomic E-state index is 0.0562. The number of methoxy groups -OCH3 is 1. The van der Waals surface area contributed by atoms with Crippen molar-refractivity contribution in [3.63, 3.8) is 0 Å². The van der Waals surface area contributed by atoms with E-state index in [1.807, 2.05) is 48.7 Å². The Labute approximate surface area is 211 Å². The van der Waals surface area contributed by atoms with Crippen LogP contribution in [0.25, 0.3) is 16.7 Å². The first kappa shape index (κ1) is 22.9. The summed E-state index contributed by atoms with van der Waals surface area (Å²) in [6.07, 6.45) is 2.47. The Kier molecular flexibility index (Phi) is 6.17. The first-order valence-corrected chi connectivity index (χ1v) is 12.0. The Morgan fingerprint density at radius 1 is 1.03 bits per heavy atom. The highest BCUT2D eigenvalue weighted by molar-refractivity contribution is 9.10. The molecular formula is C28H23BrN2O4. The number of H-pyrrole nitrogens is 1. The van der Waals surface area contributed by atoms with Crippen LogP contribution >= 0.6 is 15.9 Å². The van der Waals surface area contributed by atoms with Crippen LogP contribution in [0.3, 0.4) is 0 Å². The number of ether oxygens (including phenoxy) is 1. The molecule has 0 saturated carbocycles. The van der Waals surface area contributed by atoms with Gasteiger partial charge in [-0.1, -0.05) is 64.5 Å². The van der Waals surface area contributed by atoms with E-state index in [9.17, 15) is 14.7 Å². The first-order chi connectivity index (χ1) is 17.0. The summed E-state index contributed by atoms with van der Waals surface area (Å²) < 4.78 is 6.41. The molecule has 1 saturated heterocycles. The molecule has 1 fully saturated rings. The maximum atomic E-state index is 13.3. The molecule has 0 radical (unpaired) electrons. The molecule has 3 aromatic carbocycles. The topological polar surface area (TPSA) is 82.6 Å². The van der Waals surface area contributed by atoms with Crippen molar-refractivity contribution >= 4 is 44.3 Å². The number of nitrogens with one attached hydrogen (secondary N) is 1. The molecule has 1 aromatic heterocycles. The number of halogens is 1. The number of aliphatic hydroxyl groups is 1. The lowest BCUT2D eigenvalue weighted by Gasteiger charge is -2.26. The van der Waals surface area contributed by atoms with Crippen LogP contribution in [0.5, 0.6) is 5.75 Å². The van der Waals surface area contributed by atoms with Gasteiger partial charge < -0.3 is 19.7 Å². The molecule has 5 rings (SSSR count). The summed E-state index contributed by atoms with van der Waals surface area (Å²) in [4.78, 5) is 31.4. The lowest BCUT2D eigenvalue weighted by atomic mass is 9.94. The van der Waals surface area contributed by atoms with E-state index in [-0.39, 0.29) is 11.3 Å². The van der Waals surface area contributed by atoms with Crippen molar-refractivity contribution in [3.05, 3.63) is 106 Å². The van der Waals surface area contributed by atoms with Gasteiger partial charge in [-0.15, -0.1) is 0 Å². The van der Waals surface area contributed by atoms with Gasteiger partial charge >= 0.3 is 0 Å². The number of hydrogen-bond acceptors (Lipinski definition) is 4. The highest BCUT2D eigenvalue weighted by atomic mass is 79.9. The van der Waals surface area contributed by atoms with Gasteiger partial charge in [-0.25, -0.2) is 0 Å². The van der Waals surface area contributed by atoms with Gasteiger partial charge in [0.1, 0.15) is 11.5 Å². The van der Waals surface area contributed by atoms with Crippen LogP contribution < -0.4 is 4.74 Å². The summed E-state index contributed by atoms with van der Waals surface area (Å²) in [6, 6.07) is 21.4. The van der Waals surface area contributed by atoms with Gasteiger partial charge in [-0.2, -0.15) is 0 Å². The number of fused-ring (bicyclic) bond motifs is 1. The van der Waals surface area contributed by atoms with Crippen LogP contribution in [0.4, 0.5) is 0 Å². The van der Waals surface area contributed by atoms with Crippen molar-refractivity contribution in [2.75, 3.05) is 13.7 Å². The van der Waals surface area contributed by atoms with Crippen LogP contribution in [0.15, 0.2) is 89.0 Å². The van der Waals surface area contributed by atoms with Crippen LogP contribution in [0, 0.1) is 0 Å². The van der Waals surface area contributed by atoms with Gasteiger partial charge in [0.25, 0.3) is 11.7 Å². The molecule has 1 aliphatic heterocycles. The second-order valence-electron chi connectivity index (χ2n) is 8.35. The Morgan fingerprint density at radius 3 is 2.51 bits per heavy atom. The molecule has 1 amide bonds. The fraction of sp³-hybridized carbons (Fsp3) is 0.143. The molecule has 4 aromatic rings. The highest BCUT2D eigenvalue weighted by Crippen LogP contribution is 2.42. The normalized spacial score (nSPS) is 17.3. The van der Waals surface area contributed by atoms with E-state index in [0.717, 1.165) is 20.9 Å². The van der Waals surface area contributed by atoms with E-state index < -0.39 is 17.7 Å². The van der Waals surface area contributed by atoms with Crippen molar-refractivity contribution in [3.8, 4) is 5.75 Å². The quantitative estimate of drug-likeness (QED) is 0.193. The average Bonchev–Trinajstić information content (AvgIpc) is 3.41. The predicted molar refractivity (Wildman–Crippen MR) is 138 cm³/mol. The number of likely N-dealkylation sites (tertiary alicyclic amines) is 1. The fourth-order valence-corrected chi connectivity index (χ4v) is 4.93. The summed E-state index contributed by atoms with van der Waals surface area (Å²) in [7, 11) is 1.55. The van der Waals surface area contributed by atoms with Gasteiger partial charge in [0.05, 0.1) is 18.7 Å². The fourth-order valence-electron chi connectivity index (χ4n) is 4.67. The van der Waals surface area contributed by atoms with Gasteiger partial charge in [0, 0.05) is 39.2 Å². The second kappa shape index (κ2) is 9.43. The van der Waals surface area contributed by atoms with Crippen molar-refractivity contribution in [1.29, 1.82) is 0 Å². The molecule has 1 atom stereocenters. The summed E-state index contributed by atoms with van der Waals surface area (Å²) >= 11 is 3.39. The van der Waals surface area contributed by atoms with E-state index in [1.54, 1.807) is 37.4 Å². The Bertz CT molecular complexity index is 1460. The summed E-state index contributed by atoms with van der Waals surface area (Å²) in [5, 5.41) is 12.3. The van der Waals surface area contributed by atoms with Crippen LogP contribution in [-0.2, 0) is 16.0 Å². The average molecular weight is 531 g/mol. The van der Waals surface area contributed by atoms with Crippen LogP contribution in [-0.4, -0.2) is 40.3 Å². The predicted octanol–water partition coefficient (Wildman–Crippen LogP) is 5.60. The van der Waals surface area contributed by atoms with E-state index >= 15 is 0 Å². The highest BCUT2D eigenvalue weighted by Gasteiger charge is 2.46. The zero-order chi connectivity index (χ0) is 24.5. The van der Waals surface area contributed by atoms with E-state index in [4.69, 9.17) is 4.74 Å².